The number of amides is 1. The summed E-state index contributed by atoms with van der Waals surface area (Å²) in [4.78, 5) is 27.4. The minimum atomic E-state index is -0.947. The van der Waals surface area contributed by atoms with Crippen LogP contribution in [0.5, 0.6) is 0 Å². The Labute approximate surface area is 129 Å². The van der Waals surface area contributed by atoms with Gasteiger partial charge in [0.15, 0.2) is 0 Å². The maximum Gasteiger partial charge on any atom is 0.305 e. The molecule has 1 aromatic rings. The highest BCUT2D eigenvalue weighted by molar-refractivity contribution is 6.29. The Balaban J connectivity index is 2.96. The van der Waals surface area contributed by atoms with E-state index in [1.807, 2.05) is 27.7 Å². The van der Waals surface area contributed by atoms with Gasteiger partial charge in [0.2, 0.25) is 0 Å². The van der Waals surface area contributed by atoms with Crippen LogP contribution in [-0.4, -0.2) is 28.0 Å². The molecule has 0 saturated heterocycles. The van der Waals surface area contributed by atoms with E-state index in [4.69, 9.17) is 16.7 Å². The number of carbonyl (C=O) groups excluding carboxylic acids is 1. The fourth-order valence-electron chi connectivity index (χ4n) is 1.85. The van der Waals surface area contributed by atoms with E-state index in [2.05, 4.69) is 10.3 Å². The van der Waals surface area contributed by atoms with Crippen molar-refractivity contribution in [3.8, 4) is 0 Å². The number of nitrogens with one attached hydrogen (secondary N) is 1. The van der Waals surface area contributed by atoms with Gasteiger partial charge in [0.25, 0.3) is 5.91 Å². The summed E-state index contributed by atoms with van der Waals surface area (Å²) in [5.74, 6) is -1.28. The number of halogens is 1. The van der Waals surface area contributed by atoms with Gasteiger partial charge in [0.05, 0.1) is 6.42 Å². The average molecular weight is 313 g/mol. The Morgan fingerprint density at radius 2 is 2.00 bits per heavy atom. The zero-order valence-electron chi connectivity index (χ0n) is 12.7. The maximum atomic E-state index is 12.3. The van der Waals surface area contributed by atoms with E-state index < -0.39 is 12.0 Å². The quantitative estimate of drug-likeness (QED) is 0.819. The lowest BCUT2D eigenvalue weighted by Crippen LogP contribution is -2.45. The lowest BCUT2D eigenvalue weighted by atomic mass is 9.84. The third-order valence-corrected chi connectivity index (χ3v) is 3.39. The summed E-state index contributed by atoms with van der Waals surface area (Å²) in [7, 11) is 0. The van der Waals surface area contributed by atoms with Crippen molar-refractivity contribution in [3.63, 3.8) is 0 Å². The normalized spacial score (nSPS) is 12.8. The topological polar surface area (TPSA) is 79.3 Å². The first kappa shape index (κ1) is 17.4. The molecule has 0 bridgehead atoms. The van der Waals surface area contributed by atoms with Crippen LogP contribution in [0.1, 0.15) is 50.2 Å². The van der Waals surface area contributed by atoms with Gasteiger partial charge in [-0.15, -0.1) is 0 Å². The molecule has 0 aliphatic rings. The molecule has 5 nitrogen and oxygen atoms in total. The molecule has 1 aromatic heterocycles. The van der Waals surface area contributed by atoms with Crippen LogP contribution in [0.15, 0.2) is 12.1 Å². The predicted molar refractivity (Wildman–Crippen MR) is 81.6 cm³/mol. The fraction of sp³-hybridized carbons (Fsp3) is 0.533. The summed E-state index contributed by atoms with van der Waals surface area (Å²) in [6, 6.07) is 2.68. The number of aliphatic carboxylic acids is 1. The van der Waals surface area contributed by atoms with Gasteiger partial charge >= 0.3 is 5.97 Å². The molecule has 21 heavy (non-hydrogen) atoms. The van der Waals surface area contributed by atoms with Crippen molar-refractivity contribution in [2.45, 2.75) is 46.6 Å². The van der Waals surface area contributed by atoms with Gasteiger partial charge in [0, 0.05) is 17.3 Å². The van der Waals surface area contributed by atoms with E-state index in [9.17, 15) is 9.59 Å². The van der Waals surface area contributed by atoms with Crippen LogP contribution in [-0.2, 0) is 11.2 Å². The van der Waals surface area contributed by atoms with Crippen molar-refractivity contribution < 1.29 is 14.7 Å². The third kappa shape index (κ3) is 5.34. The number of rotatable bonds is 5. The van der Waals surface area contributed by atoms with E-state index in [0.29, 0.717) is 12.0 Å². The number of hydrogen-bond acceptors (Lipinski definition) is 3. The Bertz CT molecular complexity index is 538. The molecule has 6 heteroatoms. The molecular formula is C15H21ClN2O3. The molecule has 0 saturated carbocycles. The third-order valence-electron chi connectivity index (χ3n) is 3.20. The number of carboxylic acid groups (broad SMARTS) is 1. The molecule has 116 valence electrons. The minimum Gasteiger partial charge on any atom is -0.481 e. The van der Waals surface area contributed by atoms with E-state index in [1.165, 1.54) is 6.07 Å². The first-order valence-electron chi connectivity index (χ1n) is 6.82. The monoisotopic (exact) mass is 312 g/mol. The van der Waals surface area contributed by atoms with Crippen LogP contribution < -0.4 is 5.32 Å². The summed E-state index contributed by atoms with van der Waals surface area (Å²) in [5.41, 5.74) is 0.753. The highest BCUT2D eigenvalue weighted by Crippen LogP contribution is 2.22. The molecule has 0 aromatic carbocycles. The van der Waals surface area contributed by atoms with Crippen molar-refractivity contribution in [2.24, 2.45) is 5.41 Å². The summed E-state index contributed by atoms with van der Waals surface area (Å²) >= 11 is 5.90. The molecule has 0 fully saturated rings. The first-order valence-corrected chi connectivity index (χ1v) is 7.20. The molecule has 1 rings (SSSR count). The average Bonchev–Trinajstić information content (AvgIpc) is 2.35. The number of aromatic nitrogens is 1. The zero-order chi connectivity index (χ0) is 16.2. The fourth-order valence-corrected chi connectivity index (χ4v) is 2.08. The van der Waals surface area contributed by atoms with Crippen LogP contribution in [0.25, 0.3) is 0 Å². The van der Waals surface area contributed by atoms with Crippen LogP contribution in [0.3, 0.4) is 0 Å². The number of pyridine rings is 1. The molecule has 1 amide bonds. The van der Waals surface area contributed by atoms with E-state index in [-0.39, 0.29) is 22.9 Å². The van der Waals surface area contributed by atoms with Gasteiger partial charge in [-0.1, -0.05) is 39.3 Å². The Morgan fingerprint density at radius 1 is 1.38 bits per heavy atom. The Morgan fingerprint density at radius 3 is 2.48 bits per heavy atom. The van der Waals surface area contributed by atoms with Crippen LogP contribution in [0, 0.1) is 5.41 Å². The van der Waals surface area contributed by atoms with Gasteiger partial charge in [0.1, 0.15) is 5.15 Å². The van der Waals surface area contributed by atoms with Gasteiger partial charge in [-0.05, 0) is 24.0 Å². The molecule has 0 aliphatic carbocycles. The number of nitrogens with zero attached hydrogens (tertiary/aromatic N) is 1. The molecule has 0 aliphatic heterocycles. The second-order valence-electron chi connectivity index (χ2n) is 6.01. The standard InChI is InChI=1S/C15H21ClN2O3/c1-5-10-6-9(7-12(16)17-10)14(21)18-11(8-13(19)20)15(2,3)4/h6-7,11H,5,8H2,1-4H3,(H,18,21)(H,19,20). The van der Waals surface area contributed by atoms with Crippen molar-refractivity contribution in [1.29, 1.82) is 0 Å². The van der Waals surface area contributed by atoms with E-state index >= 15 is 0 Å². The minimum absolute atomic E-state index is 0.130. The van der Waals surface area contributed by atoms with E-state index in [1.54, 1.807) is 6.07 Å². The van der Waals surface area contributed by atoms with Gasteiger partial charge < -0.3 is 10.4 Å². The molecule has 1 unspecified atom stereocenters. The molecule has 2 N–H and O–H groups in total. The van der Waals surface area contributed by atoms with Crippen LogP contribution in [0.4, 0.5) is 0 Å². The van der Waals surface area contributed by atoms with Crippen molar-refractivity contribution in [2.75, 3.05) is 0 Å². The lowest BCUT2D eigenvalue weighted by molar-refractivity contribution is -0.138. The van der Waals surface area contributed by atoms with Gasteiger partial charge in [-0.3, -0.25) is 9.59 Å². The molecular weight excluding hydrogens is 292 g/mol. The molecule has 0 spiro atoms. The molecule has 1 heterocycles. The Kier molecular flexibility index (Phi) is 5.72. The Hall–Kier alpha value is -1.62. The highest BCUT2D eigenvalue weighted by Gasteiger charge is 2.28. The largest absolute Gasteiger partial charge is 0.481 e. The van der Waals surface area contributed by atoms with Gasteiger partial charge in [-0.2, -0.15) is 0 Å². The summed E-state index contributed by atoms with van der Waals surface area (Å²) in [5, 5.41) is 12.0. The van der Waals surface area contributed by atoms with E-state index in [0.717, 1.165) is 5.69 Å². The molecule has 0 radical (unpaired) electrons. The van der Waals surface area contributed by atoms with Crippen molar-refractivity contribution in [1.82, 2.24) is 10.3 Å². The number of carbonyl (C=O) groups is 2. The smallest absolute Gasteiger partial charge is 0.305 e. The summed E-state index contributed by atoms with van der Waals surface area (Å²) in [6.45, 7) is 7.58. The zero-order valence-corrected chi connectivity index (χ0v) is 13.5. The second kappa shape index (κ2) is 6.89. The predicted octanol–water partition coefficient (Wildman–Crippen LogP) is 2.92. The molecule has 1 atom stereocenters. The van der Waals surface area contributed by atoms with Crippen molar-refractivity contribution >= 4 is 23.5 Å². The van der Waals surface area contributed by atoms with Crippen molar-refractivity contribution in [3.05, 3.63) is 28.5 Å². The van der Waals surface area contributed by atoms with Crippen LogP contribution in [0.2, 0.25) is 5.15 Å². The second-order valence-corrected chi connectivity index (χ2v) is 6.40. The SMILES string of the molecule is CCc1cc(C(=O)NC(CC(=O)O)C(C)(C)C)cc(Cl)n1. The van der Waals surface area contributed by atoms with Gasteiger partial charge in [-0.25, -0.2) is 4.98 Å². The highest BCUT2D eigenvalue weighted by atomic mass is 35.5. The summed E-state index contributed by atoms with van der Waals surface area (Å²) < 4.78 is 0. The number of hydrogen-bond donors (Lipinski definition) is 2. The lowest BCUT2D eigenvalue weighted by Gasteiger charge is -2.30. The summed E-state index contributed by atoms with van der Waals surface area (Å²) in [6.07, 6.45) is 0.535. The number of aryl methyl sites for hydroxylation is 1. The first-order chi connectivity index (χ1) is 9.63. The maximum absolute atomic E-state index is 12.3. The number of carboxylic acids is 1. The van der Waals surface area contributed by atoms with Crippen LogP contribution >= 0.6 is 11.6 Å².